The number of nitrogens with one attached hydrogen (secondary N) is 1. The highest BCUT2D eigenvalue weighted by atomic mass is 16.7. The molecule has 6 heteroatoms. The maximum atomic E-state index is 10.1. The molecule has 1 aliphatic carbocycles. The summed E-state index contributed by atoms with van der Waals surface area (Å²) in [6.07, 6.45) is 3.84. The first-order valence-electron chi connectivity index (χ1n) is 9.32. The van der Waals surface area contributed by atoms with Gasteiger partial charge in [-0.05, 0) is 37.7 Å². The van der Waals surface area contributed by atoms with Crippen molar-refractivity contribution in [3.63, 3.8) is 0 Å². The lowest BCUT2D eigenvalue weighted by Crippen LogP contribution is -2.62. The van der Waals surface area contributed by atoms with Gasteiger partial charge in [0, 0.05) is 6.42 Å². The molecule has 5 atom stereocenters. The van der Waals surface area contributed by atoms with Crippen molar-refractivity contribution in [2.75, 3.05) is 0 Å². The third-order valence-electron chi connectivity index (χ3n) is 6.78. The van der Waals surface area contributed by atoms with Gasteiger partial charge in [0.05, 0.1) is 24.1 Å². The van der Waals surface area contributed by atoms with Crippen molar-refractivity contribution >= 4 is 5.90 Å². The zero-order valence-electron chi connectivity index (χ0n) is 16.0. The van der Waals surface area contributed by atoms with Gasteiger partial charge in [0.15, 0.2) is 5.41 Å². The third-order valence-corrected chi connectivity index (χ3v) is 6.78. The van der Waals surface area contributed by atoms with Crippen LogP contribution in [0, 0.1) is 62.1 Å². The second kappa shape index (κ2) is 6.22. The lowest BCUT2D eigenvalue weighted by molar-refractivity contribution is -0.268. The Labute approximate surface area is 160 Å². The van der Waals surface area contributed by atoms with Gasteiger partial charge in [-0.2, -0.15) is 15.8 Å². The maximum Gasteiger partial charge on any atom is 0.217 e. The minimum absolute atomic E-state index is 0.332. The second-order valence-corrected chi connectivity index (χ2v) is 7.86. The Morgan fingerprint density at radius 2 is 2.00 bits per heavy atom. The van der Waals surface area contributed by atoms with Crippen LogP contribution in [-0.4, -0.2) is 17.8 Å². The number of allylic oxidation sites excluding steroid dienone is 2. The third kappa shape index (κ3) is 2.16. The van der Waals surface area contributed by atoms with Gasteiger partial charge in [-0.15, -0.1) is 0 Å². The number of fused-ring (bicyclic) bond motifs is 2. The van der Waals surface area contributed by atoms with Crippen LogP contribution in [0.15, 0.2) is 23.8 Å². The van der Waals surface area contributed by atoms with Crippen LogP contribution in [0.3, 0.4) is 0 Å². The number of hydrogen-bond donors (Lipinski definition) is 1. The average Bonchev–Trinajstić information content (AvgIpc) is 2.84. The summed E-state index contributed by atoms with van der Waals surface area (Å²) in [7, 11) is 0. The molecule has 5 unspecified atom stereocenters. The lowest BCUT2D eigenvalue weighted by atomic mass is 9.53. The predicted octanol–water partition coefficient (Wildman–Crippen LogP) is 3.98. The fourth-order valence-electron chi connectivity index (χ4n) is 4.92. The Kier molecular flexibility index (Phi) is 4.41. The van der Waals surface area contributed by atoms with E-state index in [1.165, 1.54) is 0 Å². The van der Waals surface area contributed by atoms with Gasteiger partial charge in [-0.3, -0.25) is 5.41 Å². The minimum Gasteiger partial charge on any atom is -0.447 e. The molecule has 0 aromatic carbocycles. The SMILES string of the molecule is C=C(C)C1CC=C(C2OC3(CC)OC(=N)C(C#N)(C3C)C2(C#N)C#N)CC1. The molecular formula is C21H24N4O2. The maximum absolute atomic E-state index is 10.1. The zero-order chi connectivity index (χ0) is 20.0. The molecule has 2 aliphatic heterocycles. The van der Waals surface area contributed by atoms with E-state index in [1.807, 2.05) is 19.9 Å². The average molecular weight is 364 g/mol. The van der Waals surface area contributed by atoms with Crippen molar-refractivity contribution in [1.82, 2.24) is 0 Å². The van der Waals surface area contributed by atoms with Crippen molar-refractivity contribution in [1.29, 1.82) is 21.2 Å². The van der Waals surface area contributed by atoms with E-state index in [2.05, 4.69) is 24.8 Å². The summed E-state index contributed by atoms with van der Waals surface area (Å²) >= 11 is 0. The summed E-state index contributed by atoms with van der Waals surface area (Å²) in [4.78, 5) is 0. The summed E-state index contributed by atoms with van der Waals surface area (Å²) in [5.74, 6) is -1.73. The standard InChI is InChI=1S/C21H24N4O2/c1-5-21-14(4)20(12-24,18(25)27-21)19(10-22,11-23)17(26-21)16-8-6-15(7-9-16)13(2)3/h8,14-15,17,25H,2,5-7,9H2,1,3-4H3. The van der Waals surface area contributed by atoms with E-state index in [-0.39, 0.29) is 5.90 Å². The largest absolute Gasteiger partial charge is 0.447 e. The quantitative estimate of drug-likeness (QED) is 0.761. The minimum atomic E-state index is -1.82. The van der Waals surface area contributed by atoms with Gasteiger partial charge in [-0.25, -0.2) is 0 Å². The lowest BCUT2D eigenvalue weighted by Gasteiger charge is -2.49. The van der Waals surface area contributed by atoms with Gasteiger partial charge in [0.1, 0.15) is 6.10 Å². The van der Waals surface area contributed by atoms with Crippen molar-refractivity contribution in [2.45, 2.75) is 58.3 Å². The Morgan fingerprint density at radius 3 is 2.44 bits per heavy atom. The predicted molar refractivity (Wildman–Crippen MR) is 97.8 cm³/mol. The van der Waals surface area contributed by atoms with E-state index in [0.29, 0.717) is 18.8 Å². The first-order valence-corrected chi connectivity index (χ1v) is 9.32. The molecule has 3 aliphatic rings. The Morgan fingerprint density at radius 1 is 1.33 bits per heavy atom. The van der Waals surface area contributed by atoms with E-state index < -0.39 is 28.6 Å². The molecule has 0 saturated carbocycles. The van der Waals surface area contributed by atoms with Crippen LogP contribution in [-0.2, 0) is 9.47 Å². The molecule has 0 aromatic heterocycles. The summed E-state index contributed by atoms with van der Waals surface area (Å²) in [5.41, 5.74) is -1.52. The summed E-state index contributed by atoms with van der Waals surface area (Å²) < 4.78 is 12.1. The molecular weight excluding hydrogens is 340 g/mol. The normalized spacial score (nSPS) is 39.3. The highest BCUT2D eigenvalue weighted by Gasteiger charge is 2.79. The summed E-state index contributed by atoms with van der Waals surface area (Å²) in [6, 6.07) is 6.30. The number of ether oxygens (including phenoxy) is 2. The first kappa shape index (κ1) is 19.2. The van der Waals surface area contributed by atoms with Crippen LogP contribution >= 0.6 is 0 Å². The monoisotopic (exact) mass is 364 g/mol. The van der Waals surface area contributed by atoms with Gasteiger partial charge < -0.3 is 9.47 Å². The molecule has 2 heterocycles. The van der Waals surface area contributed by atoms with Gasteiger partial charge in [0.2, 0.25) is 17.1 Å². The summed E-state index contributed by atoms with van der Waals surface area (Å²) in [5, 5.41) is 38.7. The molecule has 0 spiro atoms. The molecule has 1 N–H and O–H groups in total. The van der Waals surface area contributed by atoms with Crippen LogP contribution in [0.4, 0.5) is 0 Å². The number of rotatable bonds is 3. The van der Waals surface area contributed by atoms with Crippen LogP contribution in [0.25, 0.3) is 0 Å². The zero-order valence-corrected chi connectivity index (χ0v) is 16.0. The van der Waals surface area contributed by atoms with Crippen LogP contribution in [0.5, 0.6) is 0 Å². The number of nitriles is 3. The van der Waals surface area contributed by atoms with E-state index in [4.69, 9.17) is 14.9 Å². The van der Waals surface area contributed by atoms with E-state index >= 15 is 0 Å². The van der Waals surface area contributed by atoms with Crippen molar-refractivity contribution in [3.8, 4) is 18.2 Å². The first-order chi connectivity index (χ1) is 12.8. The smallest absolute Gasteiger partial charge is 0.217 e. The fraction of sp³-hybridized carbons (Fsp3) is 0.619. The van der Waals surface area contributed by atoms with Gasteiger partial charge in [0.25, 0.3) is 0 Å². The van der Waals surface area contributed by atoms with Crippen molar-refractivity contribution in [3.05, 3.63) is 23.8 Å². The molecule has 2 bridgehead atoms. The molecule has 140 valence electrons. The van der Waals surface area contributed by atoms with Crippen LogP contribution in [0.1, 0.15) is 46.5 Å². The Bertz CT molecular complexity index is 841. The molecule has 6 nitrogen and oxygen atoms in total. The topological polar surface area (TPSA) is 114 Å². The summed E-state index contributed by atoms with van der Waals surface area (Å²) in [6.45, 7) is 9.63. The van der Waals surface area contributed by atoms with Crippen molar-refractivity contribution < 1.29 is 9.47 Å². The fourth-order valence-corrected chi connectivity index (χ4v) is 4.92. The molecule has 0 amide bonds. The van der Waals surface area contributed by atoms with Crippen LogP contribution in [0.2, 0.25) is 0 Å². The van der Waals surface area contributed by atoms with Crippen molar-refractivity contribution in [2.24, 2.45) is 22.7 Å². The molecule has 0 aromatic rings. The molecule has 3 rings (SSSR count). The van der Waals surface area contributed by atoms with E-state index in [1.54, 1.807) is 6.92 Å². The number of hydrogen-bond acceptors (Lipinski definition) is 6. The highest BCUT2D eigenvalue weighted by Crippen LogP contribution is 2.64. The van der Waals surface area contributed by atoms with Crippen LogP contribution < -0.4 is 0 Å². The Hall–Kier alpha value is -2.62. The second-order valence-electron chi connectivity index (χ2n) is 7.86. The molecule has 27 heavy (non-hydrogen) atoms. The molecule has 0 radical (unpaired) electrons. The van der Waals surface area contributed by atoms with Gasteiger partial charge in [-0.1, -0.05) is 32.1 Å². The molecule has 2 saturated heterocycles. The van der Waals surface area contributed by atoms with E-state index in [9.17, 15) is 15.8 Å². The van der Waals surface area contributed by atoms with Gasteiger partial charge >= 0.3 is 0 Å². The molecule has 2 fully saturated rings. The van der Waals surface area contributed by atoms with E-state index in [0.717, 1.165) is 24.0 Å². The number of nitrogens with zero attached hydrogens (tertiary/aromatic N) is 3. The highest BCUT2D eigenvalue weighted by molar-refractivity contribution is 5.89. The Balaban J connectivity index is 2.17.